The number of hydrogen-bond donors (Lipinski definition) is 1. The first-order valence-corrected chi connectivity index (χ1v) is 26.0. The zero-order chi connectivity index (χ0) is 37.7. The molecule has 50 heavy (non-hydrogen) atoms. The van der Waals surface area contributed by atoms with E-state index < -0.39 is 28.2 Å². The van der Waals surface area contributed by atoms with E-state index in [4.69, 9.17) is 15.4 Å². The van der Waals surface area contributed by atoms with Crippen LogP contribution in [0.25, 0.3) is 0 Å². The van der Waals surface area contributed by atoms with E-state index in [1.165, 1.54) is 31.3 Å². The van der Waals surface area contributed by atoms with E-state index in [-0.39, 0.29) is 38.9 Å². The highest BCUT2D eigenvalue weighted by atomic mass is 28.4. The second kappa shape index (κ2) is 14.6. The van der Waals surface area contributed by atoms with Crippen LogP contribution in [0.4, 0.5) is 0 Å². The number of fused-ring (bicyclic) bond motifs is 1. The Morgan fingerprint density at radius 2 is 1.56 bits per heavy atom. The lowest BCUT2D eigenvalue weighted by molar-refractivity contribution is -0.127. The van der Waals surface area contributed by atoms with Crippen molar-refractivity contribution in [3.05, 3.63) is 47.6 Å². The standard InChI is InChI=1S/C44H76O4Si2/c1-16-18-38(45)44(27-28-44)39(46)24-26-42(9,10)37-23-22-35-32(19-17-25-43(35,37)11)20-21-33-29-34(47-49(12,13)40(3,4)5)30-36(31(33)2)48-50(14,15)41(6,7)8/h20-21,24,26,34-37,39,46H,2,16-19,22-23,25,27-30H2,1,3-15H3/b26-24+,32-20+,33-21-/t34-,35+,36+,37-,39?,43+/m1/s1. The third kappa shape index (κ3) is 8.50. The van der Waals surface area contributed by atoms with Gasteiger partial charge in [0.25, 0.3) is 0 Å². The van der Waals surface area contributed by atoms with Gasteiger partial charge in [0.05, 0.1) is 23.7 Å². The number of allylic oxidation sites excluding steroid dienone is 4. The first-order chi connectivity index (χ1) is 22.8. The van der Waals surface area contributed by atoms with Crippen LogP contribution in [0, 0.1) is 28.1 Å². The zero-order valence-electron chi connectivity index (χ0n) is 34.9. The van der Waals surface area contributed by atoms with Crippen LogP contribution in [0.15, 0.2) is 47.6 Å². The number of rotatable bonds is 12. The molecule has 6 atom stereocenters. The van der Waals surface area contributed by atoms with Gasteiger partial charge in [-0.2, -0.15) is 0 Å². The number of carbonyl (C=O) groups is 1. The van der Waals surface area contributed by atoms with Crippen molar-refractivity contribution in [2.75, 3.05) is 0 Å². The van der Waals surface area contributed by atoms with Crippen molar-refractivity contribution in [3.8, 4) is 0 Å². The predicted molar refractivity (Wildman–Crippen MR) is 217 cm³/mol. The fourth-order valence-corrected chi connectivity index (χ4v) is 11.9. The van der Waals surface area contributed by atoms with Crippen molar-refractivity contribution >= 4 is 22.4 Å². The molecule has 0 radical (unpaired) electrons. The Hall–Kier alpha value is -1.06. The van der Waals surface area contributed by atoms with Crippen molar-refractivity contribution in [1.29, 1.82) is 0 Å². The van der Waals surface area contributed by atoms with E-state index in [1.54, 1.807) is 5.57 Å². The summed E-state index contributed by atoms with van der Waals surface area (Å²) in [5, 5.41) is 11.5. The Labute approximate surface area is 310 Å². The van der Waals surface area contributed by atoms with Crippen molar-refractivity contribution in [2.45, 2.75) is 194 Å². The normalized spacial score (nSPS) is 31.8. The maximum absolute atomic E-state index is 12.8. The van der Waals surface area contributed by atoms with Gasteiger partial charge in [-0.3, -0.25) is 4.79 Å². The molecule has 0 saturated heterocycles. The van der Waals surface area contributed by atoms with Gasteiger partial charge in [-0.05, 0) is 128 Å². The summed E-state index contributed by atoms with van der Waals surface area (Å²) >= 11 is 0. The van der Waals surface area contributed by atoms with Gasteiger partial charge in [-0.15, -0.1) is 0 Å². The molecular weight excluding hydrogens is 649 g/mol. The van der Waals surface area contributed by atoms with Gasteiger partial charge in [0.1, 0.15) is 5.78 Å². The summed E-state index contributed by atoms with van der Waals surface area (Å²) in [4.78, 5) is 12.8. The van der Waals surface area contributed by atoms with E-state index in [2.05, 4.69) is 107 Å². The van der Waals surface area contributed by atoms with Crippen LogP contribution >= 0.6 is 0 Å². The fourth-order valence-electron chi connectivity index (χ4n) is 9.22. The molecule has 4 nitrogen and oxygen atoms in total. The monoisotopic (exact) mass is 725 g/mol. The van der Waals surface area contributed by atoms with Gasteiger partial charge in [0.2, 0.25) is 0 Å². The molecule has 0 aromatic heterocycles. The second-order valence-corrected chi connectivity index (χ2v) is 30.3. The van der Waals surface area contributed by atoms with Gasteiger partial charge in [-0.25, -0.2) is 0 Å². The minimum Gasteiger partial charge on any atom is -0.413 e. The van der Waals surface area contributed by atoms with Crippen molar-refractivity contribution in [2.24, 2.45) is 28.1 Å². The first-order valence-electron chi connectivity index (χ1n) is 20.2. The van der Waals surface area contributed by atoms with Gasteiger partial charge in [0, 0.05) is 12.8 Å². The molecule has 1 N–H and O–H groups in total. The number of hydrogen-bond acceptors (Lipinski definition) is 4. The molecule has 4 aliphatic carbocycles. The van der Waals surface area contributed by atoms with Crippen LogP contribution in [0.2, 0.25) is 36.3 Å². The second-order valence-electron chi connectivity index (χ2n) is 20.8. The predicted octanol–water partition coefficient (Wildman–Crippen LogP) is 12.3. The maximum Gasteiger partial charge on any atom is 0.192 e. The minimum absolute atomic E-state index is 0.00785. The molecule has 4 aliphatic rings. The smallest absolute Gasteiger partial charge is 0.192 e. The Balaban J connectivity index is 1.58. The molecule has 0 amide bonds. The molecule has 0 spiro atoms. The van der Waals surface area contributed by atoms with E-state index in [9.17, 15) is 9.90 Å². The molecule has 1 unspecified atom stereocenters. The highest BCUT2D eigenvalue weighted by Crippen LogP contribution is 2.62. The lowest BCUT2D eigenvalue weighted by Gasteiger charge is -2.47. The molecule has 0 heterocycles. The molecule has 0 aliphatic heterocycles. The summed E-state index contributed by atoms with van der Waals surface area (Å²) in [7, 11) is -3.98. The molecule has 4 saturated carbocycles. The highest BCUT2D eigenvalue weighted by molar-refractivity contribution is 6.74. The molecule has 4 fully saturated rings. The number of ketones is 1. The van der Waals surface area contributed by atoms with Crippen molar-refractivity contribution in [3.63, 3.8) is 0 Å². The van der Waals surface area contributed by atoms with E-state index >= 15 is 0 Å². The summed E-state index contributed by atoms with van der Waals surface area (Å²) in [5.41, 5.74) is 3.68. The van der Waals surface area contributed by atoms with Crippen LogP contribution in [0.3, 0.4) is 0 Å². The van der Waals surface area contributed by atoms with E-state index in [0.717, 1.165) is 44.1 Å². The van der Waals surface area contributed by atoms with Crippen molar-refractivity contribution in [1.82, 2.24) is 0 Å². The average Bonchev–Trinajstić information content (AvgIpc) is 3.71. The summed E-state index contributed by atoms with van der Waals surface area (Å²) < 4.78 is 14.2. The molecule has 4 rings (SSSR count). The van der Waals surface area contributed by atoms with Crippen LogP contribution in [0.1, 0.15) is 140 Å². The maximum atomic E-state index is 12.8. The first kappa shape index (κ1) is 41.7. The lowest BCUT2D eigenvalue weighted by atomic mass is 9.57. The third-order valence-electron chi connectivity index (χ3n) is 14.7. The number of aliphatic hydroxyl groups excluding tert-OH is 1. The average molecular weight is 725 g/mol. The van der Waals surface area contributed by atoms with Gasteiger partial charge < -0.3 is 14.0 Å². The van der Waals surface area contributed by atoms with Crippen LogP contribution in [0.5, 0.6) is 0 Å². The van der Waals surface area contributed by atoms with Crippen molar-refractivity contribution < 1.29 is 18.8 Å². The largest absolute Gasteiger partial charge is 0.413 e. The van der Waals surface area contributed by atoms with Crippen LogP contribution in [-0.4, -0.2) is 45.8 Å². The van der Waals surface area contributed by atoms with Crippen LogP contribution in [-0.2, 0) is 13.6 Å². The van der Waals surface area contributed by atoms with Gasteiger partial charge in [0.15, 0.2) is 16.6 Å². The molecule has 0 aromatic carbocycles. The van der Waals surface area contributed by atoms with E-state index in [0.29, 0.717) is 18.3 Å². The van der Waals surface area contributed by atoms with Crippen LogP contribution < -0.4 is 0 Å². The number of carbonyl (C=O) groups excluding carboxylic acids is 1. The number of Topliss-reactive ketones (excluding diaryl/α,β-unsaturated/α-hetero) is 1. The fraction of sp³-hybridized carbons (Fsp3) is 0.795. The molecule has 0 aromatic rings. The molecule has 6 heteroatoms. The summed E-state index contributed by atoms with van der Waals surface area (Å²) in [6, 6.07) is 0. The Morgan fingerprint density at radius 1 is 0.960 bits per heavy atom. The molecule has 0 bridgehead atoms. The minimum atomic E-state index is -2.01. The lowest BCUT2D eigenvalue weighted by Crippen LogP contribution is -2.49. The Morgan fingerprint density at radius 3 is 2.12 bits per heavy atom. The third-order valence-corrected chi connectivity index (χ3v) is 23.7. The SMILES string of the molecule is C=C1/C(=C\C=C2/CCC[C@]3(C)[C@@H](C(C)(C)/C=C/C(O)C4(C(=O)CCC)CC4)CC[C@@H]23)C[C@@H](O[Si](C)(C)C(C)(C)C)C[C@@H]1O[Si](C)(C)C(C)(C)C. The summed E-state index contributed by atoms with van der Waals surface area (Å²) in [5.74, 6) is 1.33. The number of aliphatic hydroxyl groups is 1. The van der Waals surface area contributed by atoms with Gasteiger partial charge >= 0.3 is 0 Å². The Bertz CT molecular complexity index is 1350. The Kier molecular flexibility index (Phi) is 12.2. The summed E-state index contributed by atoms with van der Waals surface area (Å²) in [6.07, 6.45) is 19.5. The molecular formula is C44H76O4Si2. The van der Waals surface area contributed by atoms with E-state index in [1.807, 2.05) is 13.0 Å². The zero-order valence-corrected chi connectivity index (χ0v) is 36.9. The molecule has 284 valence electrons. The quantitative estimate of drug-likeness (QED) is 0.161. The topological polar surface area (TPSA) is 55.8 Å². The van der Waals surface area contributed by atoms with Gasteiger partial charge in [-0.1, -0.05) is 106 Å². The highest BCUT2D eigenvalue weighted by Gasteiger charge is 2.55. The summed E-state index contributed by atoms with van der Waals surface area (Å²) in [6.45, 7) is 37.4.